The van der Waals surface area contributed by atoms with Gasteiger partial charge in [0.1, 0.15) is 0 Å². The lowest BCUT2D eigenvalue weighted by Crippen LogP contribution is -2.21. The highest BCUT2D eigenvalue weighted by atomic mass is 16.1. The van der Waals surface area contributed by atoms with Crippen molar-refractivity contribution in [3.05, 3.63) is 70.8 Å². The number of anilines is 2. The number of allylic oxidation sites excluding steroid dienone is 2. The fourth-order valence-corrected chi connectivity index (χ4v) is 3.75. The first-order valence-electron chi connectivity index (χ1n) is 9.57. The molecule has 0 bridgehead atoms. The first-order valence-corrected chi connectivity index (χ1v) is 9.57. The molecule has 0 radical (unpaired) electrons. The predicted molar refractivity (Wildman–Crippen MR) is 115 cm³/mol. The van der Waals surface area contributed by atoms with E-state index in [-0.39, 0.29) is 5.78 Å². The van der Waals surface area contributed by atoms with Crippen LogP contribution in [0, 0.1) is 11.8 Å². The van der Waals surface area contributed by atoms with Crippen molar-refractivity contribution in [3.8, 4) is 0 Å². The summed E-state index contributed by atoms with van der Waals surface area (Å²) in [5.41, 5.74) is 16.8. The first kappa shape index (κ1) is 19.0. The Balaban J connectivity index is 1.93. The van der Waals surface area contributed by atoms with Gasteiger partial charge in [-0.3, -0.25) is 4.79 Å². The molecule has 1 fully saturated rings. The molecule has 0 spiro atoms. The van der Waals surface area contributed by atoms with Gasteiger partial charge >= 0.3 is 0 Å². The molecule has 4 N–H and O–H groups in total. The number of rotatable bonds is 4. The fourth-order valence-electron chi connectivity index (χ4n) is 3.75. The number of hydrogen-bond donors (Lipinski definition) is 2. The minimum atomic E-state index is 0.156. The molecule has 0 heterocycles. The average molecular weight is 361 g/mol. The SMILES string of the molecule is CC(C)CC1C/C(=C/c2ccc(N)cc2)C(=O)/C(=C/c2ccc(N)cc2)C1. The van der Waals surface area contributed by atoms with E-state index >= 15 is 0 Å². The van der Waals surface area contributed by atoms with Crippen LogP contribution in [0.2, 0.25) is 0 Å². The van der Waals surface area contributed by atoms with Crippen molar-refractivity contribution in [2.45, 2.75) is 33.1 Å². The van der Waals surface area contributed by atoms with Crippen LogP contribution in [0.25, 0.3) is 12.2 Å². The fraction of sp³-hybridized carbons (Fsp3) is 0.292. The lowest BCUT2D eigenvalue weighted by Gasteiger charge is -2.27. The monoisotopic (exact) mass is 360 g/mol. The number of ketones is 1. The van der Waals surface area contributed by atoms with Crippen LogP contribution in [0.4, 0.5) is 11.4 Å². The van der Waals surface area contributed by atoms with Gasteiger partial charge in [0.15, 0.2) is 5.78 Å². The second kappa shape index (κ2) is 8.26. The lowest BCUT2D eigenvalue weighted by molar-refractivity contribution is -0.113. The summed E-state index contributed by atoms with van der Waals surface area (Å²) in [5, 5.41) is 0. The van der Waals surface area contributed by atoms with Crippen molar-refractivity contribution in [2.24, 2.45) is 11.8 Å². The summed E-state index contributed by atoms with van der Waals surface area (Å²) in [6, 6.07) is 15.3. The topological polar surface area (TPSA) is 69.1 Å². The zero-order valence-corrected chi connectivity index (χ0v) is 16.1. The number of nitrogen functional groups attached to an aromatic ring is 2. The number of carbonyl (C=O) groups is 1. The summed E-state index contributed by atoms with van der Waals surface area (Å²) in [6.45, 7) is 4.48. The highest BCUT2D eigenvalue weighted by molar-refractivity contribution is 6.14. The van der Waals surface area contributed by atoms with Crippen LogP contribution in [0.5, 0.6) is 0 Å². The third kappa shape index (κ3) is 5.10. The largest absolute Gasteiger partial charge is 0.399 e. The van der Waals surface area contributed by atoms with E-state index in [2.05, 4.69) is 13.8 Å². The van der Waals surface area contributed by atoms with E-state index in [4.69, 9.17) is 11.5 Å². The van der Waals surface area contributed by atoms with E-state index in [1.54, 1.807) is 0 Å². The zero-order valence-electron chi connectivity index (χ0n) is 16.1. The Morgan fingerprint density at radius 2 is 1.26 bits per heavy atom. The molecule has 27 heavy (non-hydrogen) atoms. The third-order valence-corrected chi connectivity index (χ3v) is 4.96. The van der Waals surface area contributed by atoms with Gasteiger partial charge in [-0.2, -0.15) is 0 Å². The summed E-state index contributed by atoms with van der Waals surface area (Å²) in [5.74, 6) is 1.25. The molecule has 1 aliphatic carbocycles. The molecule has 2 aromatic carbocycles. The lowest BCUT2D eigenvalue weighted by atomic mass is 9.76. The number of Topliss-reactive ketones (excluding diaryl/α,β-unsaturated/α-hetero) is 1. The van der Waals surface area contributed by atoms with Gasteiger partial charge in [0, 0.05) is 22.5 Å². The summed E-state index contributed by atoms with van der Waals surface area (Å²) < 4.78 is 0. The molecule has 3 heteroatoms. The van der Waals surface area contributed by atoms with E-state index in [0.29, 0.717) is 11.8 Å². The van der Waals surface area contributed by atoms with E-state index in [1.165, 1.54) is 0 Å². The zero-order chi connectivity index (χ0) is 19.4. The summed E-state index contributed by atoms with van der Waals surface area (Å²) in [6.07, 6.45) is 6.82. The molecule has 0 saturated heterocycles. The highest BCUT2D eigenvalue weighted by Gasteiger charge is 2.28. The van der Waals surface area contributed by atoms with Gasteiger partial charge in [-0.1, -0.05) is 38.1 Å². The van der Waals surface area contributed by atoms with E-state index < -0.39 is 0 Å². The molecule has 1 atom stereocenters. The molecule has 140 valence electrons. The Kier molecular flexibility index (Phi) is 5.80. The average Bonchev–Trinajstić information content (AvgIpc) is 2.62. The molecule has 1 unspecified atom stereocenters. The van der Waals surface area contributed by atoms with Gasteiger partial charge < -0.3 is 11.5 Å². The Labute approximate surface area is 161 Å². The number of carbonyl (C=O) groups excluding carboxylic acids is 1. The summed E-state index contributed by atoms with van der Waals surface area (Å²) in [7, 11) is 0. The Bertz CT molecular complexity index is 791. The standard InChI is InChI=1S/C24H28N2O/c1-16(2)11-19-14-20(12-17-3-7-22(25)8-4-17)24(27)21(15-19)13-18-5-9-23(26)10-6-18/h3-10,12-13,16,19H,11,14-15,25-26H2,1-2H3/b20-12-,21-13+. The van der Waals surface area contributed by atoms with Crippen molar-refractivity contribution >= 4 is 29.3 Å². The van der Waals surface area contributed by atoms with Crippen LogP contribution >= 0.6 is 0 Å². The molecule has 3 rings (SSSR count). The molecule has 0 aliphatic heterocycles. The van der Waals surface area contributed by atoms with Crippen LogP contribution < -0.4 is 11.5 Å². The van der Waals surface area contributed by atoms with Crippen LogP contribution in [0.3, 0.4) is 0 Å². The molecular formula is C24H28N2O. The van der Waals surface area contributed by atoms with Crippen molar-refractivity contribution in [3.63, 3.8) is 0 Å². The molecule has 0 amide bonds. The van der Waals surface area contributed by atoms with Crippen molar-refractivity contribution in [2.75, 3.05) is 11.5 Å². The Morgan fingerprint density at radius 1 is 0.852 bits per heavy atom. The van der Waals surface area contributed by atoms with E-state index in [9.17, 15) is 4.79 Å². The maximum atomic E-state index is 13.1. The summed E-state index contributed by atoms with van der Waals surface area (Å²) in [4.78, 5) is 13.1. The van der Waals surface area contributed by atoms with Crippen molar-refractivity contribution < 1.29 is 4.79 Å². The van der Waals surface area contributed by atoms with Crippen LogP contribution in [-0.2, 0) is 4.79 Å². The molecule has 0 aromatic heterocycles. The first-order chi connectivity index (χ1) is 12.9. The van der Waals surface area contributed by atoms with Gasteiger partial charge in [0.25, 0.3) is 0 Å². The van der Waals surface area contributed by atoms with Gasteiger partial charge in [-0.25, -0.2) is 0 Å². The Hall–Kier alpha value is -2.81. The highest BCUT2D eigenvalue weighted by Crippen LogP contribution is 2.35. The van der Waals surface area contributed by atoms with Gasteiger partial charge in [0.2, 0.25) is 0 Å². The summed E-state index contributed by atoms with van der Waals surface area (Å²) >= 11 is 0. The molecule has 3 nitrogen and oxygen atoms in total. The smallest absolute Gasteiger partial charge is 0.185 e. The van der Waals surface area contributed by atoms with Crippen LogP contribution in [0.1, 0.15) is 44.2 Å². The second-order valence-electron chi connectivity index (χ2n) is 7.91. The third-order valence-electron chi connectivity index (χ3n) is 4.96. The van der Waals surface area contributed by atoms with Crippen molar-refractivity contribution in [1.82, 2.24) is 0 Å². The van der Waals surface area contributed by atoms with Gasteiger partial charge in [-0.15, -0.1) is 0 Å². The minimum Gasteiger partial charge on any atom is -0.399 e. The number of benzene rings is 2. The van der Waals surface area contributed by atoms with Crippen LogP contribution in [0.15, 0.2) is 59.7 Å². The van der Waals surface area contributed by atoms with E-state index in [0.717, 1.165) is 52.9 Å². The molecule has 2 aromatic rings. The Morgan fingerprint density at radius 3 is 1.63 bits per heavy atom. The van der Waals surface area contributed by atoms with Gasteiger partial charge in [0.05, 0.1) is 0 Å². The maximum Gasteiger partial charge on any atom is 0.185 e. The minimum absolute atomic E-state index is 0.156. The second-order valence-corrected chi connectivity index (χ2v) is 7.91. The van der Waals surface area contributed by atoms with Crippen molar-refractivity contribution in [1.29, 1.82) is 0 Å². The number of hydrogen-bond acceptors (Lipinski definition) is 3. The van der Waals surface area contributed by atoms with Gasteiger partial charge in [-0.05, 0) is 78.6 Å². The molecule has 1 saturated carbocycles. The van der Waals surface area contributed by atoms with Crippen LogP contribution in [-0.4, -0.2) is 5.78 Å². The predicted octanol–water partition coefficient (Wildman–Crippen LogP) is 5.34. The number of nitrogens with two attached hydrogens (primary N) is 2. The van der Waals surface area contributed by atoms with E-state index in [1.807, 2.05) is 60.7 Å². The molecular weight excluding hydrogens is 332 g/mol. The maximum absolute atomic E-state index is 13.1. The quantitative estimate of drug-likeness (QED) is 0.571. The normalized spacial score (nSPS) is 20.6. The molecule has 1 aliphatic rings.